The van der Waals surface area contributed by atoms with Gasteiger partial charge in [0, 0.05) is 10.4 Å². The van der Waals surface area contributed by atoms with Gasteiger partial charge in [0.2, 0.25) is 0 Å². The maximum Gasteiger partial charge on any atom is 0.0988 e. The van der Waals surface area contributed by atoms with E-state index in [1.807, 2.05) is 18.2 Å². The van der Waals surface area contributed by atoms with E-state index in [1.54, 1.807) is 0 Å². The third-order valence-electron chi connectivity index (χ3n) is 1.15. The van der Waals surface area contributed by atoms with Crippen molar-refractivity contribution in [2.45, 2.75) is 11.2 Å². The lowest BCUT2D eigenvalue weighted by atomic mass is 10.1. The van der Waals surface area contributed by atoms with Crippen molar-refractivity contribution in [3.8, 4) is 6.07 Å². The van der Waals surface area contributed by atoms with Crippen molar-refractivity contribution in [1.82, 2.24) is 0 Å². The molecule has 46 valence electrons. The molecule has 0 saturated heterocycles. The number of hydrogen-bond acceptors (Lipinski definition) is 1. The first-order chi connectivity index (χ1) is 4.33. The van der Waals surface area contributed by atoms with Gasteiger partial charge in [0.15, 0.2) is 0 Å². The molecule has 9 heavy (non-hydrogen) atoms. The molecule has 0 fully saturated rings. The van der Waals surface area contributed by atoms with E-state index in [0.29, 0.717) is 4.83 Å². The first-order valence-electron chi connectivity index (χ1n) is 2.75. The molecule has 0 aromatic carbocycles. The molecular formula is C7H6BrN. The van der Waals surface area contributed by atoms with Gasteiger partial charge in [-0.15, -0.1) is 0 Å². The summed E-state index contributed by atoms with van der Waals surface area (Å²) >= 11 is 3.39. The van der Waals surface area contributed by atoms with E-state index >= 15 is 0 Å². The molecule has 0 heterocycles. The van der Waals surface area contributed by atoms with E-state index in [9.17, 15) is 0 Å². The van der Waals surface area contributed by atoms with E-state index < -0.39 is 0 Å². The Morgan fingerprint density at radius 1 is 1.78 bits per heavy atom. The van der Waals surface area contributed by atoms with Crippen LogP contribution in [0.15, 0.2) is 23.8 Å². The zero-order chi connectivity index (χ0) is 6.69. The van der Waals surface area contributed by atoms with E-state index in [1.165, 1.54) is 0 Å². The fraction of sp³-hybridized carbons (Fsp3) is 0.286. The van der Waals surface area contributed by atoms with Crippen molar-refractivity contribution in [1.29, 1.82) is 5.26 Å². The monoisotopic (exact) mass is 183 g/mol. The van der Waals surface area contributed by atoms with Gasteiger partial charge in [0.1, 0.15) is 0 Å². The van der Waals surface area contributed by atoms with Gasteiger partial charge in [-0.05, 0) is 12.5 Å². The lowest BCUT2D eigenvalue weighted by Gasteiger charge is -2.03. The van der Waals surface area contributed by atoms with Crippen molar-refractivity contribution in [3.63, 3.8) is 0 Å². The van der Waals surface area contributed by atoms with Crippen LogP contribution >= 0.6 is 15.9 Å². The Kier molecular flexibility index (Phi) is 2.07. The second kappa shape index (κ2) is 2.84. The minimum absolute atomic E-state index is 0.358. The van der Waals surface area contributed by atoms with Crippen LogP contribution in [0.1, 0.15) is 6.42 Å². The quantitative estimate of drug-likeness (QED) is 0.529. The van der Waals surface area contributed by atoms with Gasteiger partial charge in [-0.1, -0.05) is 28.1 Å². The maximum absolute atomic E-state index is 8.42. The van der Waals surface area contributed by atoms with E-state index in [-0.39, 0.29) is 0 Å². The molecule has 0 aromatic heterocycles. The Morgan fingerprint density at radius 2 is 2.56 bits per heavy atom. The summed E-state index contributed by atoms with van der Waals surface area (Å²) in [5, 5.41) is 8.42. The van der Waals surface area contributed by atoms with Gasteiger partial charge in [-0.25, -0.2) is 0 Å². The Morgan fingerprint density at radius 3 is 3.00 bits per heavy atom. The number of allylic oxidation sites excluding steroid dienone is 4. The highest BCUT2D eigenvalue weighted by Crippen LogP contribution is 2.15. The predicted molar refractivity (Wildman–Crippen MR) is 40.2 cm³/mol. The number of nitriles is 1. The van der Waals surface area contributed by atoms with Gasteiger partial charge >= 0.3 is 0 Å². The van der Waals surface area contributed by atoms with Crippen LogP contribution in [-0.2, 0) is 0 Å². The van der Waals surface area contributed by atoms with Crippen LogP contribution in [0.5, 0.6) is 0 Å². The molecule has 0 spiro atoms. The fourth-order valence-corrected chi connectivity index (χ4v) is 1.22. The maximum atomic E-state index is 8.42. The molecule has 0 N–H and O–H groups in total. The van der Waals surface area contributed by atoms with Crippen molar-refractivity contribution in [3.05, 3.63) is 23.8 Å². The highest BCUT2D eigenvalue weighted by atomic mass is 79.9. The molecule has 1 nitrogen and oxygen atoms in total. The second-order valence-electron chi connectivity index (χ2n) is 1.89. The molecule has 1 unspecified atom stereocenters. The SMILES string of the molecule is N#CC1=CC(Br)CC=C1. The third-order valence-corrected chi connectivity index (χ3v) is 1.79. The Hall–Kier alpha value is -0.550. The summed E-state index contributed by atoms with van der Waals surface area (Å²) in [6, 6.07) is 2.08. The molecule has 0 aliphatic heterocycles. The first-order valence-corrected chi connectivity index (χ1v) is 3.67. The van der Waals surface area contributed by atoms with Crippen molar-refractivity contribution in [2.24, 2.45) is 0 Å². The topological polar surface area (TPSA) is 23.8 Å². The van der Waals surface area contributed by atoms with Crippen LogP contribution in [0.3, 0.4) is 0 Å². The highest BCUT2D eigenvalue weighted by Gasteiger charge is 2.03. The second-order valence-corrected chi connectivity index (χ2v) is 3.06. The number of halogens is 1. The molecule has 1 rings (SSSR count). The van der Waals surface area contributed by atoms with Crippen molar-refractivity contribution >= 4 is 15.9 Å². The minimum Gasteiger partial charge on any atom is -0.192 e. The lowest BCUT2D eigenvalue weighted by molar-refractivity contribution is 1.06. The largest absolute Gasteiger partial charge is 0.192 e. The van der Waals surface area contributed by atoms with E-state index in [0.717, 1.165) is 12.0 Å². The van der Waals surface area contributed by atoms with Crippen molar-refractivity contribution < 1.29 is 0 Å². The zero-order valence-corrected chi connectivity index (χ0v) is 6.43. The minimum atomic E-state index is 0.358. The smallest absolute Gasteiger partial charge is 0.0988 e. The van der Waals surface area contributed by atoms with E-state index in [2.05, 4.69) is 22.0 Å². The number of alkyl halides is 1. The average molecular weight is 184 g/mol. The summed E-state index contributed by atoms with van der Waals surface area (Å²) in [4.78, 5) is 0.358. The Bertz CT molecular complexity index is 197. The Labute approximate surface area is 62.8 Å². The number of rotatable bonds is 0. The predicted octanol–water partition coefficient (Wildman–Crippen LogP) is 2.16. The molecule has 0 aromatic rings. The molecule has 0 saturated carbocycles. The molecule has 1 aliphatic rings. The summed E-state index contributed by atoms with van der Waals surface area (Å²) in [5.74, 6) is 0. The summed E-state index contributed by atoms with van der Waals surface area (Å²) < 4.78 is 0. The normalized spacial score (nSPS) is 24.9. The van der Waals surface area contributed by atoms with Crippen molar-refractivity contribution in [2.75, 3.05) is 0 Å². The van der Waals surface area contributed by atoms with Crippen LogP contribution in [-0.4, -0.2) is 4.83 Å². The molecule has 1 aliphatic carbocycles. The number of hydrogen-bond donors (Lipinski definition) is 0. The zero-order valence-electron chi connectivity index (χ0n) is 4.84. The van der Waals surface area contributed by atoms with Crippen LogP contribution in [0.4, 0.5) is 0 Å². The molecule has 0 amide bonds. The summed E-state index contributed by atoms with van der Waals surface area (Å²) in [7, 11) is 0. The van der Waals surface area contributed by atoms with Crippen LogP contribution in [0.2, 0.25) is 0 Å². The molecule has 0 bridgehead atoms. The molecule has 0 radical (unpaired) electrons. The number of nitrogens with zero attached hydrogens (tertiary/aromatic N) is 1. The van der Waals surface area contributed by atoms with Crippen LogP contribution in [0, 0.1) is 11.3 Å². The Balaban J connectivity index is 2.74. The summed E-state index contributed by atoms with van der Waals surface area (Å²) in [5.41, 5.74) is 0.753. The highest BCUT2D eigenvalue weighted by molar-refractivity contribution is 9.09. The van der Waals surface area contributed by atoms with Gasteiger partial charge in [0.25, 0.3) is 0 Å². The van der Waals surface area contributed by atoms with Gasteiger partial charge in [-0.2, -0.15) is 5.26 Å². The van der Waals surface area contributed by atoms with Crippen LogP contribution in [0.25, 0.3) is 0 Å². The fourth-order valence-electron chi connectivity index (χ4n) is 0.718. The average Bonchev–Trinajstić information content (AvgIpc) is 1.88. The first kappa shape index (κ1) is 6.57. The van der Waals surface area contributed by atoms with Gasteiger partial charge in [-0.3, -0.25) is 0 Å². The molecule has 1 atom stereocenters. The summed E-state index contributed by atoms with van der Waals surface area (Å²) in [6.45, 7) is 0. The summed E-state index contributed by atoms with van der Waals surface area (Å²) in [6.07, 6.45) is 6.75. The van der Waals surface area contributed by atoms with Crippen LogP contribution < -0.4 is 0 Å². The van der Waals surface area contributed by atoms with Gasteiger partial charge in [0.05, 0.1) is 6.07 Å². The van der Waals surface area contributed by atoms with E-state index in [4.69, 9.17) is 5.26 Å². The van der Waals surface area contributed by atoms with Gasteiger partial charge < -0.3 is 0 Å². The lowest BCUT2D eigenvalue weighted by Crippen LogP contribution is -1.95. The standard InChI is InChI=1S/C7H6BrN/c8-7-3-1-2-6(4-7)5-9/h1-2,4,7H,3H2. The molecular weight excluding hydrogens is 178 g/mol. The third kappa shape index (κ3) is 1.69. The molecule has 2 heteroatoms.